The molecule has 2 rings (SSSR count). The van der Waals surface area contributed by atoms with E-state index < -0.39 is 6.10 Å². The predicted octanol–water partition coefficient (Wildman–Crippen LogP) is 2.75. The lowest BCUT2D eigenvalue weighted by atomic mass is 9.91. The van der Waals surface area contributed by atoms with Crippen LogP contribution in [0.1, 0.15) is 30.1 Å². The Morgan fingerprint density at radius 1 is 1.50 bits per heavy atom. The number of nitrogens with two attached hydrogens (primary N) is 1. The summed E-state index contributed by atoms with van der Waals surface area (Å²) in [6.07, 6.45) is 1.92. The Labute approximate surface area is 101 Å². The molecule has 0 radical (unpaired) electrons. The van der Waals surface area contributed by atoms with Gasteiger partial charge in [-0.3, -0.25) is 0 Å². The van der Waals surface area contributed by atoms with Crippen LogP contribution < -0.4 is 5.73 Å². The van der Waals surface area contributed by atoms with E-state index in [1.54, 1.807) is 0 Å². The highest BCUT2D eigenvalue weighted by atomic mass is 32.2. The van der Waals surface area contributed by atoms with Gasteiger partial charge in [0.15, 0.2) is 0 Å². The minimum Gasteiger partial charge on any atom is -0.398 e. The molecule has 2 atom stereocenters. The minimum atomic E-state index is -0.396. The second kappa shape index (κ2) is 5.11. The molecular formula is C13H19NOS. The Bertz CT molecular complexity index is 361. The molecule has 1 aliphatic rings. The number of hydrogen-bond donors (Lipinski definition) is 2. The van der Waals surface area contributed by atoms with Crippen molar-refractivity contribution < 1.29 is 5.11 Å². The number of hydrogen-bond acceptors (Lipinski definition) is 3. The normalized spacial score (nSPS) is 23.0. The van der Waals surface area contributed by atoms with E-state index in [9.17, 15) is 5.11 Å². The number of benzene rings is 1. The van der Waals surface area contributed by atoms with Crippen LogP contribution in [0.4, 0.5) is 5.69 Å². The van der Waals surface area contributed by atoms with Gasteiger partial charge in [-0.15, -0.1) is 0 Å². The summed E-state index contributed by atoms with van der Waals surface area (Å²) < 4.78 is 0. The van der Waals surface area contributed by atoms with Crippen LogP contribution in [0.3, 0.4) is 0 Å². The molecule has 0 aromatic heterocycles. The monoisotopic (exact) mass is 237 g/mol. The van der Waals surface area contributed by atoms with Crippen LogP contribution in [0, 0.1) is 12.8 Å². The maximum atomic E-state index is 10.4. The van der Waals surface area contributed by atoms with E-state index >= 15 is 0 Å². The summed E-state index contributed by atoms with van der Waals surface area (Å²) in [5.74, 6) is 2.64. The SMILES string of the molecule is Cc1ccc(N)c(C(O)C2CCCSC2)c1. The quantitative estimate of drug-likeness (QED) is 0.777. The molecular weight excluding hydrogens is 218 g/mol. The van der Waals surface area contributed by atoms with E-state index in [-0.39, 0.29) is 0 Å². The summed E-state index contributed by atoms with van der Waals surface area (Å²) in [5.41, 5.74) is 8.72. The van der Waals surface area contributed by atoms with Crippen molar-refractivity contribution in [2.45, 2.75) is 25.9 Å². The van der Waals surface area contributed by atoms with Crippen LogP contribution in [0.25, 0.3) is 0 Å². The highest BCUT2D eigenvalue weighted by molar-refractivity contribution is 7.99. The van der Waals surface area contributed by atoms with Crippen LogP contribution in [0.2, 0.25) is 0 Å². The fourth-order valence-electron chi connectivity index (χ4n) is 2.22. The van der Waals surface area contributed by atoms with Gasteiger partial charge >= 0.3 is 0 Å². The van der Waals surface area contributed by atoms with E-state index in [1.807, 2.05) is 36.9 Å². The number of aliphatic hydroxyl groups excluding tert-OH is 1. The van der Waals surface area contributed by atoms with Gasteiger partial charge in [-0.2, -0.15) is 11.8 Å². The van der Waals surface area contributed by atoms with Gasteiger partial charge in [0.25, 0.3) is 0 Å². The first kappa shape index (κ1) is 11.8. The standard InChI is InChI=1S/C13H19NOS/c1-9-4-5-12(14)11(7-9)13(15)10-3-2-6-16-8-10/h4-5,7,10,13,15H,2-3,6,8,14H2,1H3. The van der Waals surface area contributed by atoms with Crippen molar-refractivity contribution in [2.75, 3.05) is 17.2 Å². The summed E-state index contributed by atoms with van der Waals surface area (Å²) in [5, 5.41) is 10.4. The lowest BCUT2D eigenvalue weighted by Gasteiger charge is -2.27. The van der Waals surface area contributed by atoms with Crippen LogP contribution >= 0.6 is 11.8 Å². The number of thioether (sulfide) groups is 1. The molecule has 1 aliphatic heterocycles. The molecule has 3 heteroatoms. The molecule has 0 spiro atoms. The summed E-state index contributed by atoms with van der Waals surface area (Å²) in [6.45, 7) is 2.03. The molecule has 0 bridgehead atoms. The second-order valence-corrected chi connectivity index (χ2v) is 5.70. The Morgan fingerprint density at radius 3 is 3.00 bits per heavy atom. The molecule has 1 saturated heterocycles. The molecule has 1 heterocycles. The number of anilines is 1. The van der Waals surface area contributed by atoms with Crippen molar-refractivity contribution in [1.29, 1.82) is 0 Å². The van der Waals surface area contributed by atoms with Gasteiger partial charge in [0.05, 0.1) is 6.10 Å². The zero-order valence-electron chi connectivity index (χ0n) is 9.65. The number of aryl methyl sites for hydroxylation is 1. The van der Waals surface area contributed by atoms with E-state index in [0.29, 0.717) is 11.6 Å². The van der Waals surface area contributed by atoms with Crippen molar-refractivity contribution in [1.82, 2.24) is 0 Å². The number of nitrogen functional groups attached to an aromatic ring is 1. The second-order valence-electron chi connectivity index (χ2n) is 4.55. The smallest absolute Gasteiger partial charge is 0.0846 e. The first-order valence-corrected chi connectivity index (χ1v) is 6.96. The van der Waals surface area contributed by atoms with Crippen LogP contribution in [-0.2, 0) is 0 Å². The number of aliphatic hydroxyl groups is 1. The first-order valence-electron chi connectivity index (χ1n) is 5.80. The van der Waals surface area contributed by atoms with Crippen LogP contribution in [0.15, 0.2) is 18.2 Å². The molecule has 88 valence electrons. The van der Waals surface area contributed by atoms with Gasteiger partial charge in [0.2, 0.25) is 0 Å². The Kier molecular flexibility index (Phi) is 3.77. The highest BCUT2D eigenvalue weighted by Gasteiger charge is 2.24. The zero-order chi connectivity index (χ0) is 11.5. The van der Waals surface area contributed by atoms with Crippen LogP contribution in [0.5, 0.6) is 0 Å². The lowest BCUT2D eigenvalue weighted by molar-refractivity contribution is 0.114. The van der Waals surface area contributed by atoms with Gasteiger partial charge in [-0.05, 0) is 43.3 Å². The predicted molar refractivity (Wildman–Crippen MR) is 70.6 cm³/mol. The van der Waals surface area contributed by atoms with Crippen molar-refractivity contribution >= 4 is 17.4 Å². The van der Waals surface area contributed by atoms with Gasteiger partial charge in [-0.25, -0.2) is 0 Å². The average Bonchev–Trinajstić information content (AvgIpc) is 2.32. The summed E-state index contributed by atoms with van der Waals surface area (Å²) in [7, 11) is 0. The topological polar surface area (TPSA) is 46.2 Å². The fourth-order valence-corrected chi connectivity index (χ4v) is 3.41. The Hall–Kier alpha value is -0.670. The molecule has 2 unspecified atom stereocenters. The largest absolute Gasteiger partial charge is 0.398 e. The molecule has 0 amide bonds. The first-order chi connectivity index (χ1) is 7.68. The summed E-state index contributed by atoms with van der Waals surface area (Å²) >= 11 is 1.94. The lowest BCUT2D eigenvalue weighted by Crippen LogP contribution is -2.20. The summed E-state index contributed by atoms with van der Waals surface area (Å²) in [6, 6.07) is 5.89. The maximum absolute atomic E-state index is 10.4. The molecule has 1 fully saturated rings. The molecule has 3 N–H and O–H groups in total. The van der Waals surface area contributed by atoms with E-state index in [1.165, 1.54) is 12.2 Å². The third-order valence-electron chi connectivity index (χ3n) is 3.20. The van der Waals surface area contributed by atoms with Crippen LogP contribution in [-0.4, -0.2) is 16.6 Å². The third kappa shape index (κ3) is 2.53. The Balaban J connectivity index is 2.18. The van der Waals surface area contributed by atoms with Crippen molar-refractivity contribution in [3.05, 3.63) is 29.3 Å². The molecule has 0 saturated carbocycles. The third-order valence-corrected chi connectivity index (χ3v) is 4.44. The maximum Gasteiger partial charge on any atom is 0.0846 e. The molecule has 1 aromatic carbocycles. The molecule has 16 heavy (non-hydrogen) atoms. The molecule has 1 aromatic rings. The van der Waals surface area contributed by atoms with Crippen molar-refractivity contribution in [3.8, 4) is 0 Å². The molecule has 2 nitrogen and oxygen atoms in total. The molecule has 0 aliphatic carbocycles. The van der Waals surface area contributed by atoms with Gasteiger partial charge < -0.3 is 10.8 Å². The van der Waals surface area contributed by atoms with Gasteiger partial charge in [-0.1, -0.05) is 17.7 Å². The average molecular weight is 237 g/mol. The summed E-state index contributed by atoms with van der Waals surface area (Å²) in [4.78, 5) is 0. The highest BCUT2D eigenvalue weighted by Crippen LogP contribution is 2.35. The van der Waals surface area contributed by atoms with Gasteiger partial charge in [0, 0.05) is 11.3 Å². The van der Waals surface area contributed by atoms with Crippen molar-refractivity contribution in [3.63, 3.8) is 0 Å². The van der Waals surface area contributed by atoms with Gasteiger partial charge in [0.1, 0.15) is 0 Å². The van der Waals surface area contributed by atoms with E-state index in [4.69, 9.17) is 5.73 Å². The zero-order valence-corrected chi connectivity index (χ0v) is 10.5. The minimum absolute atomic E-state index is 0.364. The number of rotatable bonds is 2. The fraction of sp³-hybridized carbons (Fsp3) is 0.538. The van der Waals surface area contributed by atoms with E-state index in [2.05, 4.69) is 0 Å². The van der Waals surface area contributed by atoms with E-state index in [0.717, 1.165) is 23.3 Å². The Morgan fingerprint density at radius 2 is 2.31 bits per heavy atom. The van der Waals surface area contributed by atoms with Crippen molar-refractivity contribution in [2.24, 2.45) is 5.92 Å².